The summed E-state index contributed by atoms with van der Waals surface area (Å²) in [6.07, 6.45) is 1.23. The third-order valence-electron chi connectivity index (χ3n) is 4.43. The largest absolute Gasteiger partial charge is 0.354 e. The maximum absolute atomic E-state index is 10.8. The molecule has 2 aliphatic rings. The van der Waals surface area contributed by atoms with Crippen LogP contribution in [0.4, 0.5) is 11.5 Å². The number of rotatable bonds is 3. The predicted octanol–water partition coefficient (Wildman–Crippen LogP) is 0.782. The highest BCUT2D eigenvalue weighted by atomic mass is 16.6. The molecule has 0 bridgehead atoms. The number of aromatic nitrogens is 1. The number of anilines is 1. The number of pyridine rings is 1. The molecular formula is C14H21N5O2. The van der Waals surface area contributed by atoms with E-state index in [0.29, 0.717) is 11.7 Å². The van der Waals surface area contributed by atoms with Crippen molar-refractivity contribution in [3.8, 4) is 0 Å². The first-order chi connectivity index (χ1) is 10.1. The Kier molecular flexibility index (Phi) is 4.03. The van der Waals surface area contributed by atoms with Crippen molar-refractivity contribution >= 4 is 11.5 Å². The summed E-state index contributed by atoms with van der Waals surface area (Å²) >= 11 is 0. The van der Waals surface area contributed by atoms with Crippen LogP contribution in [0.2, 0.25) is 0 Å². The van der Waals surface area contributed by atoms with Gasteiger partial charge in [-0.25, -0.2) is 4.98 Å². The monoisotopic (exact) mass is 291 g/mol. The van der Waals surface area contributed by atoms with E-state index >= 15 is 0 Å². The summed E-state index contributed by atoms with van der Waals surface area (Å²) in [6.45, 7) is 7.83. The molecule has 114 valence electrons. The van der Waals surface area contributed by atoms with Crippen LogP contribution >= 0.6 is 0 Å². The lowest BCUT2D eigenvalue weighted by Crippen LogP contribution is -2.51. The molecule has 0 amide bonds. The van der Waals surface area contributed by atoms with Crippen molar-refractivity contribution < 1.29 is 4.92 Å². The maximum atomic E-state index is 10.8. The molecule has 3 heterocycles. The molecule has 0 aliphatic carbocycles. The zero-order valence-electron chi connectivity index (χ0n) is 12.3. The van der Waals surface area contributed by atoms with Crippen molar-refractivity contribution in [1.29, 1.82) is 0 Å². The molecule has 2 aliphatic heterocycles. The average Bonchev–Trinajstić information content (AvgIpc) is 3.01. The van der Waals surface area contributed by atoms with Crippen LogP contribution in [0.15, 0.2) is 12.1 Å². The smallest absolute Gasteiger partial charge is 0.290 e. The summed E-state index contributed by atoms with van der Waals surface area (Å²) in [5.74, 6) is 0.849. The molecule has 3 rings (SSSR count). The molecule has 0 aromatic carbocycles. The summed E-state index contributed by atoms with van der Waals surface area (Å²) < 4.78 is 0. The zero-order chi connectivity index (χ0) is 14.8. The van der Waals surface area contributed by atoms with Gasteiger partial charge in [0.15, 0.2) is 0 Å². The molecule has 1 atom stereocenters. The van der Waals surface area contributed by atoms with Gasteiger partial charge in [-0.1, -0.05) is 0 Å². The number of nitro groups is 1. The van der Waals surface area contributed by atoms with E-state index in [1.807, 2.05) is 0 Å². The highest BCUT2D eigenvalue weighted by Crippen LogP contribution is 2.22. The lowest BCUT2D eigenvalue weighted by atomic mass is 10.2. The molecule has 0 radical (unpaired) electrons. The predicted molar refractivity (Wildman–Crippen MR) is 80.7 cm³/mol. The Bertz CT molecular complexity index is 522. The summed E-state index contributed by atoms with van der Waals surface area (Å²) in [5.41, 5.74) is 0.578. The Morgan fingerprint density at radius 2 is 2.10 bits per heavy atom. The van der Waals surface area contributed by atoms with Gasteiger partial charge >= 0.3 is 0 Å². The highest BCUT2D eigenvalue weighted by Gasteiger charge is 2.26. The van der Waals surface area contributed by atoms with Gasteiger partial charge in [-0.15, -0.1) is 0 Å². The lowest BCUT2D eigenvalue weighted by Gasteiger charge is -2.38. The van der Waals surface area contributed by atoms with Gasteiger partial charge in [0.05, 0.1) is 4.92 Å². The van der Waals surface area contributed by atoms with E-state index in [1.165, 1.54) is 6.42 Å². The number of aryl methyl sites for hydroxylation is 1. The molecular weight excluding hydrogens is 270 g/mol. The van der Waals surface area contributed by atoms with Crippen LogP contribution in [0.25, 0.3) is 0 Å². The van der Waals surface area contributed by atoms with Crippen molar-refractivity contribution in [2.24, 2.45) is 0 Å². The molecule has 1 N–H and O–H groups in total. The Labute approximate surface area is 124 Å². The molecule has 0 saturated carbocycles. The summed E-state index contributed by atoms with van der Waals surface area (Å²) in [5, 5.41) is 14.2. The van der Waals surface area contributed by atoms with Crippen molar-refractivity contribution in [3.63, 3.8) is 0 Å². The van der Waals surface area contributed by atoms with Gasteiger partial charge in [-0.05, 0) is 26.0 Å². The minimum Gasteiger partial charge on any atom is -0.354 e. The SMILES string of the molecule is Cc1nc(N2CCN(C3CCNC3)CC2)ccc1[N+](=O)[O-]. The molecule has 2 fully saturated rings. The second-order valence-electron chi connectivity index (χ2n) is 5.70. The van der Waals surface area contributed by atoms with Gasteiger partial charge in [0.25, 0.3) is 5.69 Å². The molecule has 1 aromatic heterocycles. The van der Waals surface area contributed by atoms with Crippen molar-refractivity contribution in [3.05, 3.63) is 27.9 Å². The number of hydrogen-bond acceptors (Lipinski definition) is 6. The molecule has 21 heavy (non-hydrogen) atoms. The van der Waals surface area contributed by atoms with Crippen LogP contribution in [0.5, 0.6) is 0 Å². The second-order valence-corrected chi connectivity index (χ2v) is 5.70. The van der Waals surface area contributed by atoms with Gasteiger partial charge in [-0.3, -0.25) is 15.0 Å². The van der Waals surface area contributed by atoms with E-state index in [4.69, 9.17) is 0 Å². The normalized spacial score (nSPS) is 23.5. The van der Waals surface area contributed by atoms with Crippen LogP contribution in [0.3, 0.4) is 0 Å². The second kappa shape index (κ2) is 5.95. The van der Waals surface area contributed by atoms with E-state index in [2.05, 4.69) is 20.1 Å². The van der Waals surface area contributed by atoms with Crippen LogP contribution in [-0.4, -0.2) is 60.1 Å². The zero-order valence-corrected chi connectivity index (χ0v) is 12.3. The molecule has 7 heteroatoms. The Morgan fingerprint density at radius 3 is 2.67 bits per heavy atom. The van der Waals surface area contributed by atoms with Crippen LogP contribution in [0.1, 0.15) is 12.1 Å². The molecule has 1 unspecified atom stereocenters. The quantitative estimate of drug-likeness (QED) is 0.655. The minimum atomic E-state index is -0.378. The maximum Gasteiger partial charge on any atom is 0.290 e. The van der Waals surface area contributed by atoms with Gasteiger partial charge < -0.3 is 10.2 Å². The van der Waals surface area contributed by atoms with Gasteiger partial charge in [-0.2, -0.15) is 0 Å². The van der Waals surface area contributed by atoms with E-state index in [0.717, 1.165) is 45.1 Å². The summed E-state index contributed by atoms with van der Waals surface area (Å²) in [4.78, 5) is 19.6. The first-order valence-electron chi connectivity index (χ1n) is 7.47. The standard InChI is InChI=1S/C14H21N5O2/c1-11-13(19(20)21)2-3-14(16-11)18-8-6-17(7-9-18)12-4-5-15-10-12/h2-3,12,15H,4-10H2,1H3. The van der Waals surface area contributed by atoms with Crippen molar-refractivity contribution in [2.75, 3.05) is 44.2 Å². The fraction of sp³-hybridized carbons (Fsp3) is 0.643. The van der Waals surface area contributed by atoms with E-state index in [9.17, 15) is 10.1 Å². The van der Waals surface area contributed by atoms with Crippen LogP contribution in [-0.2, 0) is 0 Å². The molecule has 1 aromatic rings. The first kappa shape index (κ1) is 14.2. The molecule has 2 saturated heterocycles. The Hall–Kier alpha value is -1.73. The first-order valence-corrected chi connectivity index (χ1v) is 7.47. The Balaban J connectivity index is 1.64. The van der Waals surface area contributed by atoms with Crippen molar-refractivity contribution in [1.82, 2.24) is 15.2 Å². The minimum absolute atomic E-state index is 0.0921. The van der Waals surface area contributed by atoms with Gasteiger partial charge in [0.2, 0.25) is 0 Å². The fourth-order valence-corrected chi connectivity index (χ4v) is 3.18. The fourth-order valence-electron chi connectivity index (χ4n) is 3.18. The number of piperazine rings is 1. The summed E-state index contributed by atoms with van der Waals surface area (Å²) in [6, 6.07) is 3.99. The van der Waals surface area contributed by atoms with Crippen molar-refractivity contribution in [2.45, 2.75) is 19.4 Å². The number of nitrogens with zero attached hydrogens (tertiary/aromatic N) is 4. The number of nitrogens with one attached hydrogen (secondary N) is 1. The van der Waals surface area contributed by atoms with E-state index in [1.54, 1.807) is 19.1 Å². The third kappa shape index (κ3) is 2.98. The topological polar surface area (TPSA) is 74.5 Å². The van der Waals surface area contributed by atoms with Gasteiger partial charge in [0.1, 0.15) is 11.5 Å². The third-order valence-corrected chi connectivity index (χ3v) is 4.43. The highest BCUT2D eigenvalue weighted by molar-refractivity contribution is 5.47. The summed E-state index contributed by atoms with van der Waals surface area (Å²) in [7, 11) is 0. The van der Waals surface area contributed by atoms with Gasteiger partial charge in [0, 0.05) is 44.8 Å². The van der Waals surface area contributed by atoms with E-state index in [-0.39, 0.29) is 10.6 Å². The van der Waals surface area contributed by atoms with E-state index < -0.39 is 0 Å². The van der Waals surface area contributed by atoms with Crippen LogP contribution in [0, 0.1) is 17.0 Å². The number of hydrogen-bond donors (Lipinski definition) is 1. The lowest BCUT2D eigenvalue weighted by molar-refractivity contribution is -0.385. The Morgan fingerprint density at radius 1 is 1.33 bits per heavy atom. The molecule has 0 spiro atoms. The molecule has 7 nitrogen and oxygen atoms in total. The van der Waals surface area contributed by atoms with Crippen LogP contribution < -0.4 is 10.2 Å². The average molecular weight is 291 g/mol.